The highest BCUT2D eigenvalue weighted by molar-refractivity contribution is 6.10. The molecule has 2 aliphatic heterocycles. The van der Waals surface area contributed by atoms with Crippen LogP contribution in [0.1, 0.15) is 21.5 Å². The quantitative estimate of drug-likeness (QED) is 0.409. The van der Waals surface area contributed by atoms with Crippen LogP contribution < -0.4 is 15.4 Å². The van der Waals surface area contributed by atoms with Gasteiger partial charge in [-0.1, -0.05) is 17.9 Å². The zero-order chi connectivity index (χ0) is 23.0. The largest absolute Gasteiger partial charge is 0.497 e. The van der Waals surface area contributed by atoms with E-state index in [0.29, 0.717) is 23.4 Å². The number of urea groups is 1. The lowest BCUT2D eigenvalue weighted by Crippen LogP contribution is -2.54. The number of ether oxygens (including phenoxy) is 1. The highest BCUT2D eigenvalue weighted by atomic mass is 16.5. The molecule has 3 N–H and O–H groups in total. The number of aromatic nitrogens is 3. The molecule has 0 radical (unpaired) electrons. The summed E-state index contributed by atoms with van der Waals surface area (Å²) in [6, 6.07) is 8.17. The molecule has 3 aromatic rings. The van der Waals surface area contributed by atoms with Crippen molar-refractivity contribution in [1.82, 2.24) is 30.7 Å². The monoisotopic (exact) mass is 442 g/mol. The predicted molar refractivity (Wildman–Crippen MR) is 116 cm³/mol. The van der Waals surface area contributed by atoms with Crippen LogP contribution in [0, 0.1) is 11.8 Å². The summed E-state index contributed by atoms with van der Waals surface area (Å²) in [5.74, 6) is 5.50. The average Bonchev–Trinajstić information content (AvgIpc) is 3.52. The van der Waals surface area contributed by atoms with Crippen molar-refractivity contribution in [3.05, 3.63) is 65.6 Å². The Kier molecular flexibility index (Phi) is 4.79. The van der Waals surface area contributed by atoms with Gasteiger partial charge in [0.25, 0.3) is 11.8 Å². The summed E-state index contributed by atoms with van der Waals surface area (Å²) < 4.78 is 5.21. The molecule has 1 aromatic carbocycles. The highest BCUT2D eigenvalue weighted by Gasteiger charge is 2.48. The molecule has 0 bridgehead atoms. The van der Waals surface area contributed by atoms with Gasteiger partial charge in [0, 0.05) is 41.8 Å². The van der Waals surface area contributed by atoms with Crippen LogP contribution in [0.25, 0.3) is 11.3 Å². The number of rotatable bonds is 4. The van der Waals surface area contributed by atoms with E-state index in [1.54, 1.807) is 42.9 Å². The van der Waals surface area contributed by atoms with E-state index in [2.05, 4.69) is 37.7 Å². The number of benzene rings is 1. The molecule has 4 heterocycles. The Labute approximate surface area is 188 Å². The number of methoxy groups -OCH3 is 1. The van der Waals surface area contributed by atoms with Crippen LogP contribution >= 0.6 is 0 Å². The number of H-pyrrole nitrogens is 1. The third-order valence-corrected chi connectivity index (χ3v) is 5.54. The first kappa shape index (κ1) is 20.3. The molecular formula is C23H18N6O4. The molecule has 10 nitrogen and oxygen atoms in total. The third-order valence-electron chi connectivity index (χ3n) is 5.54. The van der Waals surface area contributed by atoms with Gasteiger partial charge in [-0.05, 0) is 29.8 Å². The van der Waals surface area contributed by atoms with Gasteiger partial charge >= 0.3 is 6.03 Å². The van der Waals surface area contributed by atoms with Crippen LogP contribution in [-0.2, 0) is 11.3 Å². The lowest BCUT2D eigenvalue weighted by molar-refractivity contribution is -0.122. The lowest BCUT2D eigenvalue weighted by atomic mass is 9.99. The maximum Gasteiger partial charge on any atom is 0.323 e. The van der Waals surface area contributed by atoms with E-state index in [-0.39, 0.29) is 12.5 Å². The predicted octanol–water partition coefficient (Wildman–Crippen LogP) is 1.07. The van der Waals surface area contributed by atoms with Gasteiger partial charge in [0.05, 0.1) is 19.3 Å². The number of hydrogen-bond donors (Lipinski definition) is 3. The number of nitrogens with one attached hydrogen (secondary N) is 3. The number of nitrogens with zero attached hydrogens (tertiary/aromatic N) is 3. The minimum absolute atomic E-state index is 0.110. The zero-order valence-electron chi connectivity index (χ0n) is 17.5. The fourth-order valence-corrected chi connectivity index (χ4v) is 3.86. The Bertz CT molecular complexity index is 1340. The van der Waals surface area contributed by atoms with E-state index < -0.39 is 17.5 Å². The molecular weight excluding hydrogens is 424 g/mol. The minimum Gasteiger partial charge on any atom is -0.497 e. The fourth-order valence-electron chi connectivity index (χ4n) is 3.86. The fraction of sp³-hybridized carbons (Fsp3) is 0.174. The number of aromatic amines is 1. The number of carbonyl (C=O) groups is 3. The molecule has 5 rings (SSSR count). The van der Waals surface area contributed by atoms with Gasteiger partial charge in [-0.15, -0.1) is 0 Å². The van der Waals surface area contributed by atoms with Crippen molar-refractivity contribution in [3.8, 4) is 28.8 Å². The lowest BCUT2D eigenvalue weighted by Gasteiger charge is -2.26. The second-order valence-corrected chi connectivity index (χ2v) is 7.68. The maximum atomic E-state index is 13.0. The highest BCUT2D eigenvalue weighted by Crippen LogP contribution is 2.28. The number of fused-ring (bicyclic) bond motifs is 1. The van der Waals surface area contributed by atoms with Crippen molar-refractivity contribution < 1.29 is 19.1 Å². The molecule has 0 aliphatic carbocycles. The van der Waals surface area contributed by atoms with Crippen molar-refractivity contribution in [2.24, 2.45) is 0 Å². The van der Waals surface area contributed by atoms with E-state index >= 15 is 0 Å². The Hall–Kier alpha value is -4.65. The summed E-state index contributed by atoms with van der Waals surface area (Å²) in [6.45, 7) is 0.183. The summed E-state index contributed by atoms with van der Waals surface area (Å²) in [4.78, 5) is 43.4. The van der Waals surface area contributed by atoms with Crippen molar-refractivity contribution in [1.29, 1.82) is 0 Å². The summed E-state index contributed by atoms with van der Waals surface area (Å²) in [5, 5.41) is 11.6. The summed E-state index contributed by atoms with van der Waals surface area (Å²) in [5.41, 5.74) is 1.79. The Balaban J connectivity index is 1.45. The first-order chi connectivity index (χ1) is 16.0. The van der Waals surface area contributed by atoms with E-state index in [9.17, 15) is 14.4 Å². The first-order valence-corrected chi connectivity index (χ1v) is 10.1. The average molecular weight is 442 g/mol. The molecule has 4 amide bonds. The molecule has 1 fully saturated rings. The summed E-state index contributed by atoms with van der Waals surface area (Å²) in [7, 11) is 1.53. The molecule has 2 aromatic heterocycles. The normalized spacial score (nSPS) is 18.9. The van der Waals surface area contributed by atoms with Crippen LogP contribution in [0.5, 0.6) is 5.75 Å². The number of imide groups is 1. The van der Waals surface area contributed by atoms with Crippen LogP contribution in [0.2, 0.25) is 0 Å². The van der Waals surface area contributed by atoms with E-state index in [4.69, 9.17) is 4.74 Å². The van der Waals surface area contributed by atoms with Crippen LogP contribution in [0.15, 0.2) is 48.9 Å². The Morgan fingerprint density at radius 3 is 2.79 bits per heavy atom. The zero-order valence-corrected chi connectivity index (χ0v) is 17.5. The van der Waals surface area contributed by atoms with Crippen molar-refractivity contribution >= 4 is 17.8 Å². The van der Waals surface area contributed by atoms with Gasteiger partial charge in [-0.3, -0.25) is 25.0 Å². The molecule has 33 heavy (non-hydrogen) atoms. The SMILES string of the molecule is COc1ccc2c(c1)C(=O)N(CC1(C#Cc3cncc(-c4ccn[nH]4)c3)NC(=O)NC1=O)C2. The smallest absolute Gasteiger partial charge is 0.323 e. The molecule has 164 valence electrons. The van der Waals surface area contributed by atoms with E-state index in [1.165, 1.54) is 12.0 Å². The first-order valence-electron chi connectivity index (χ1n) is 10.1. The maximum absolute atomic E-state index is 13.0. The summed E-state index contributed by atoms with van der Waals surface area (Å²) >= 11 is 0. The van der Waals surface area contributed by atoms with Gasteiger partial charge in [0.1, 0.15) is 5.75 Å². The van der Waals surface area contributed by atoms with Gasteiger partial charge in [0.15, 0.2) is 0 Å². The van der Waals surface area contributed by atoms with Crippen LogP contribution in [0.3, 0.4) is 0 Å². The Morgan fingerprint density at radius 1 is 1.18 bits per heavy atom. The van der Waals surface area contributed by atoms with Crippen LogP contribution in [-0.4, -0.2) is 57.1 Å². The second kappa shape index (κ2) is 7.80. The van der Waals surface area contributed by atoms with E-state index in [0.717, 1.165) is 16.8 Å². The topological polar surface area (TPSA) is 129 Å². The molecule has 0 saturated carbocycles. The Morgan fingerprint density at radius 2 is 2.06 bits per heavy atom. The number of carbonyl (C=O) groups excluding carboxylic acids is 3. The molecule has 10 heteroatoms. The minimum atomic E-state index is -1.59. The molecule has 1 unspecified atom stereocenters. The van der Waals surface area contributed by atoms with Crippen LogP contribution in [0.4, 0.5) is 4.79 Å². The number of amides is 4. The second-order valence-electron chi connectivity index (χ2n) is 7.68. The molecule has 2 aliphatic rings. The molecule has 1 atom stereocenters. The van der Waals surface area contributed by atoms with Gasteiger partial charge in [-0.25, -0.2) is 4.79 Å². The van der Waals surface area contributed by atoms with Crippen molar-refractivity contribution in [3.63, 3.8) is 0 Å². The third kappa shape index (κ3) is 3.65. The standard InChI is InChI=1S/C23H18N6O4/c1-33-17-3-2-15-12-29(20(30)18(15)9-17)13-23(21(31)26-22(32)27-23)6-4-14-8-16(11-24-10-14)19-5-7-25-28-19/h2-3,5,7-11H,12-13H2,1H3,(H,25,28)(H2,26,27,31,32). The van der Waals surface area contributed by atoms with Crippen molar-refractivity contribution in [2.75, 3.05) is 13.7 Å². The number of hydrogen-bond acceptors (Lipinski definition) is 6. The van der Waals surface area contributed by atoms with Gasteiger partial charge < -0.3 is 15.0 Å². The van der Waals surface area contributed by atoms with Gasteiger partial charge in [-0.2, -0.15) is 5.10 Å². The van der Waals surface area contributed by atoms with E-state index in [1.807, 2.05) is 6.07 Å². The van der Waals surface area contributed by atoms with Gasteiger partial charge in [0.2, 0.25) is 5.54 Å². The molecule has 1 saturated heterocycles. The summed E-state index contributed by atoms with van der Waals surface area (Å²) in [6.07, 6.45) is 4.84. The molecule has 0 spiro atoms. The van der Waals surface area contributed by atoms with Crippen molar-refractivity contribution in [2.45, 2.75) is 12.1 Å². The number of pyridine rings is 1.